The predicted molar refractivity (Wildman–Crippen MR) is 61.9 cm³/mol. The van der Waals surface area contributed by atoms with Crippen LogP contribution in [0.2, 0.25) is 5.02 Å². The molecule has 6 heteroatoms. The lowest BCUT2D eigenvalue weighted by Gasteiger charge is -2.11. The van der Waals surface area contributed by atoms with Crippen LogP contribution in [0.3, 0.4) is 0 Å². The molecule has 1 saturated carbocycles. The van der Waals surface area contributed by atoms with Gasteiger partial charge in [0, 0.05) is 15.7 Å². The smallest absolute Gasteiger partial charge is 0.212 e. The molecule has 0 unspecified atom stereocenters. The fourth-order valence-electron chi connectivity index (χ4n) is 1.66. The average Bonchev–Trinajstić information content (AvgIpc) is 2.90. The number of benzene rings is 1. The summed E-state index contributed by atoms with van der Waals surface area (Å²) in [5.41, 5.74) is 0.339. The Balaban J connectivity index is 2.29. The van der Waals surface area contributed by atoms with E-state index in [2.05, 4.69) is 0 Å². The van der Waals surface area contributed by atoms with Crippen LogP contribution in [0.4, 0.5) is 4.39 Å². The molecule has 0 N–H and O–H groups in total. The predicted octanol–water partition coefficient (Wildman–Crippen LogP) is 3.12. The first-order chi connectivity index (χ1) is 7.34. The van der Waals surface area contributed by atoms with E-state index in [0.717, 1.165) is 0 Å². The highest BCUT2D eigenvalue weighted by Crippen LogP contribution is 2.48. The van der Waals surface area contributed by atoms with E-state index < -0.39 is 19.6 Å². The summed E-state index contributed by atoms with van der Waals surface area (Å²) in [6.07, 6.45) is 1.09. The van der Waals surface area contributed by atoms with Crippen LogP contribution in [0.5, 0.6) is 0 Å². The summed E-state index contributed by atoms with van der Waals surface area (Å²) in [6.45, 7) is 0. The third kappa shape index (κ3) is 2.19. The molecule has 2 rings (SSSR count). The molecule has 1 aliphatic rings. The first-order valence-corrected chi connectivity index (χ1v) is 7.41. The van der Waals surface area contributed by atoms with Crippen molar-refractivity contribution >= 4 is 31.3 Å². The summed E-state index contributed by atoms with van der Waals surface area (Å²) in [7, 11) is 1.70. The van der Waals surface area contributed by atoms with E-state index in [1.54, 1.807) is 0 Å². The molecule has 2 nitrogen and oxygen atoms in total. The number of rotatable bonds is 3. The fourth-order valence-corrected chi connectivity index (χ4v) is 3.36. The van der Waals surface area contributed by atoms with Gasteiger partial charge in [0.2, 0.25) is 9.05 Å². The van der Waals surface area contributed by atoms with Crippen LogP contribution in [-0.4, -0.2) is 13.2 Å². The summed E-state index contributed by atoms with van der Waals surface area (Å²) < 4.78 is 35.1. The second-order valence-electron chi connectivity index (χ2n) is 4.03. The van der Waals surface area contributed by atoms with Crippen LogP contribution >= 0.6 is 22.3 Å². The van der Waals surface area contributed by atoms with E-state index in [9.17, 15) is 12.8 Å². The van der Waals surface area contributed by atoms with E-state index in [1.165, 1.54) is 18.2 Å². The van der Waals surface area contributed by atoms with E-state index in [1.807, 2.05) is 0 Å². The summed E-state index contributed by atoms with van der Waals surface area (Å²) in [4.78, 5) is 0. The maximum atomic E-state index is 13.5. The van der Waals surface area contributed by atoms with Gasteiger partial charge in [0.25, 0.3) is 0 Å². The van der Waals surface area contributed by atoms with Crippen molar-refractivity contribution in [3.05, 3.63) is 34.6 Å². The average molecular weight is 283 g/mol. The summed E-state index contributed by atoms with van der Waals surface area (Å²) >= 11 is 5.61. The van der Waals surface area contributed by atoms with Crippen LogP contribution < -0.4 is 0 Å². The van der Waals surface area contributed by atoms with E-state index in [-0.39, 0.29) is 6.42 Å². The van der Waals surface area contributed by atoms with Gasteiger partial charge in [0.1, 0.15) is 5.82 Å². The maximum Gasteiger partial charge on any atom is 0.238 e. The van der Waals surface area contributed by atoms with Crippen LogP contribution in [-0.2, 0) is 15.5 Å². The Morgan fingerprint density at radius 1 is 1.38 bits per heavy atom. The molecule has 0 saturated heterocycles. The summed E-state index contributed by atoms with van der Waals surface area (Å²) in [5, 5.41) is 0.292. The van der Waals surface area contributed by atoms with Crippen molar-refractivity contribution in [2.45, 2.75) is 24.0 Å². The molecule has 0 radical (unpaired) electrons. The molecular weight excluding hydrogens is 274 g/mol. The SMILES string of the molecule is O=S(=O)(Cl)C1(Cc2ccc(Cl)cc2F)CC1. The van der Waals surface area contributed by atoms with Crippen molar-refractivity contribution in [1.29, 1.82) is 0 Å². The zero-order valence-electron chi connectivity index (χ0n) is 8.21. The number of hydrogen-bond acceptors (Lipinski definition) is 2. The Bertz CT molecular complexity index is 524. The molecule has 0 bridgehead atoms. The Labute approximate surface area is 103 Å². The molecular formula is C10H9Cl2FO2S. The molecule has 0 spiro atoms. The van der Waals surface area contributed by atoms with Gasteiger partial charge in [-0.25, -0.2) is 12.8 Å². The minimum Gasteiger partial charge on any atom is -0.212 e. The van der Waals surface area contributed by atoms with E-state index >= 15 is 0 Å². The van der Waals surface area contributed by atoms with Crippen molar-refractivity contribution in [2.24, 2.45) is 0 Å². The van der Waals surface area contributed by atoms with Gasteiger partial charge in [0.15, 0.2) is 0 Å². The second-order valence-corrected chi connectivity index (χ2v) is 7.43. The first-order valence-electron chi connectivity index (χ1n) is 4.72. The normalized spacial score (nSPS) is 18.4. The molecule has 0 aliphatic heterocycles. The van der Waals surface area contributed by atoms with Crippen LogP contribution in [0.15, 0.2) is 18.2 Å². The fraction of sp³-hybridized carbons (Fsp3) is 0.400. The minimum absolute atomic E-state index is 0.113. The largest absolute Gasteiger partial charge is 0.238 e. The molecule has 1 fully saturated rings. The minimum atomic E-state index is -3.64. The zero-order chi connectivity index (χ0) is 12.0. The quantitative estimate of drug-likeness (QED) is 0.799. The molecule has 88 valence electrons. The standard InChI is InChI=1S/C10H9Cl2FO2S/c11-8-2-1-7(9(13)5-8)6-10(3-4-10)16(12,14)15/h1-2,5H,3-4,6H2. The third-order valence-electron chi connectivity index (χ3n) is 2.85. The highest BCUT2D eigenvalue weighted by Gasteiger charge is 2.53. The topological polar surface area (TPSA) is 34.1 Å². The number of halogens is 3. The van der Waals surface area contributed by atoms with E-state index in [0.29, 0.717) is 23.4 Å². The van der Waals surface area contributed by atoms with Crippen molar-refractivity contribution in [3.63, 3.8) is 0 Å². The Kier molecular flexibility index (Phi) is 2.93. The van der Waals surface area contributed by atoms with Crippen molar-refractivity contribution in [2.75, 3.05) is 0 Å². The highest BCUT2D eigenvalue weighted by molar-refractivity contribution is 8.15. The van der Waals surface area contributed by atoms with Crippen LogP contribution in [0.25, 0.3) is 0 Å². The third-order valence-corrected chi connectivity index (χ3v) is 5.66. The van der Waals surface area contributed by atoms with E-state index in [4.69, 9.17) is 22.3 Å². The van der Waals surface area contributed by atoms with Gasteiger partial charge in [-0.1, -0.05) is 17.7 Å². The zero-order valence-corrected chi connectivity index (χ0v) is 10.5. The lowest BCUT2D eigenvalue weighted by Crippen LogP contribution is -2.21. The highest BCUT2D eigenvalue weighted by atomic mass is 35.7. The molecule has 0 heterocycles. The van der Waals surface area contributed by atoms with Gasteiger partial charge in [-0.2, -0.15) is 0 Å². The van der Waals surface area contributed by atoms with Gasteiger partial charge in [-0.3, -0.25) is 0 Å². The Morgan fingerprint density at radius 2 is 2.00 bits per heavy atom. The van der Waals surface area contributed by atoms with Crippen molar-refractivity contribution in [3.8, 4) is 0 Å². The molecule has 0 atom stereocenters. The Hall–Kier alpha value is -0.320. The lowest BCUT2D eigenvalue weighted by atomic mass is 10.1. The van der Waals surface area contributed by atoms with Crippen LogP contribution in [0, 0.1) is 5.82 Å². The van der Waals surface area contributed by atoms with Crippen LogP contribution in [0.1, 0.15) is 18.4 Å². The molecule has 1 aliphatic carbocycles. The monoisotopic (exact) mass is 282 g/mol. The number of hydrogen-bond donors (Lipinski definition) is 0. The van der Waals surface area contributed by atoms with Crippen molar-refractivity contribution in [1.82, 2.24) is 0 Å². The second kappa shape index (κ2) is 3.86. The maximum absolute atomic E-state index is 13.5. The van der Waals surface area contributed by atoms with Gasteiger partial charge in [-0.15, -0.1) is 0 Å². The summed E-state index contributed by atoms with van der Waals surface area (Å²) in [5.74, 6) is -0.487. The molecule has 16 heavy (non-hydrogen) atoms. The van der Waals surface area contributed by atoms with Gasteiger partial charge >= 0.3 is 0 Å². The van der Waals surface area contributed by atoms with Gasteiger partial charge in [-0.05, 0) is 37.0 Å². The first kappa shape index (κ1) is 12.1. The summed E-state index contributed by atoms with van der Waals surface area (Å²) in [6, 6.07) is 4.21. The van der Waals surface area contributed by atoms with Gasteiger partial charge < -0.3 is 0 Å². The molecule has 1 aromatic carbocycles. The van der Waals surface area contributed by atoms with Gasteiger partial charge in [0.05, 0.1) is 4.75 Å². The lowest BCUT2D eigenvalue weighted by molar-refractivity contribution is 0.579. The van der Waals surface area contributed by atoms with Crippen molar-refractivity contribution < 1.29 is 12.8 Å². The molecule has 1 aromatic rings. The Morgan fingerprint density at radius 3 is 2.44 bits per heavy atom. The molecule has 0 amide bonds. The molecule has 0 aromatic heterocycles.